The topological polar surface area (TPSA) is 124 Å². The van der Waals surface area contributed by atoms with E-state index in [4.69, 9.17) is 19.2 Å². The summed E-state index contributed by atoms with van der Waals surface area (Å²) in [5.74, 6) is -2.01. The number of rotatable bonds is 9. The van der Waals surface area contributed by atoms with Crippen molar-refractivity contribution in [3.05, 3.63) is 64.5 Å². The van der Waals surface area contributed by atoms with Crippen LogP contribution in [0.25, 0.3) is 10.9 Å². The first-order chi connectivity index (χ1) is 24.6. The molecule has 0 radical (unpaired) electrons. The van der Waals surface area contributed by atoms with Crippen LogP contribution >= 0.6 is 0 Å². The number of ether oxygens (including phenoxy) is 3. The van der Waals surface area contributed by atoms with Gasteiger partial charge in [-0.05, 0) is 79.2 Å². The highest BCUT2D eigenvalue weighted by atomic mass is 19.4. The van der Waals surface area contributed by atoms with Gasteiger partial charge in [-0.1, -0.05) is 26.8 Å². The van der Waals surface area contributed by atoms with E-state index in [2.05, 4.69) is 31.1 Å². The van der Waals surface area contributed by atoms with Gasteiger partial charge in [0, 0.05) is 31.3 Å². The molecule has 7 rings (SSSR count). The number of alkyl halides is 3. The number of methoxy groups -OCH3 is 1. The lowest BCUT2D eigenvalue weighted by atomic mass is 9.45. The molecular weight excluding hydrogens is 686 g/mol. The maximum absolute atomic E-state index is 14.5. The predicted molar refractivity (Wildman–Crippen MR) is 184 cm³/mol. The smallest absolute Gasteiger partial charge is 0.490 e. The number of likely N-dealkylation sites (tertiary alicyclic amines) is 1. The van der Waals surface area contributed by atoms with Crippen LogP contribution in [-0.4, -0.2) is 77.0 Å². The predicted octanol–water partition coefficient (Wildman–Crippen LogP) is 5.74. The van der Waals surface area contributed by atoms with E-state index in [1.807, 2.05) is 0 Å². The molecule has 280 valence electrons. The molecule has 1 N–H and O–H groups in total. The average molecular weight is 730 g/mol. The van der Waals surface area contributed by atoms with Crippen LogP contribution in [0.3, 0.4) is 0 Å². The van der Waals surface area contributed by atoms with Crippen molar-refractivity contribution in [1.29, 1.82) is 0 Å². The van der Waals surface area contributed by atoms with Crippen LogP contribution in [0.1, 0.15) is 52.5 Å². The SMILES string of the molecule is CCOC(=O)[C@@H]1[C@@H](OC(=O)C(F)(F)F)CCN1C(=NC1C[C@@H]2C[C@H]([C@@H]1C)C2(C)C)Nc1ccc2c(=O)n(CCc3ccc(OC)cc3F)cnc2c1. The summed E-state index contributed by atoms with van der Waals surface area (Å²) >= 11 is 0. The zero-order valence-electron chi connectivity index (χ0n) is 29.7. The summed E-state index contributed by atoms with van der Waals surface area (Å²) in [4.78, 5) is 49.7. The van der Waals surface area contributed by atoms with E-state index in [1.165, 1.54) is 29.0 Å². The van der Waals surface area contributed by atoms with Gasteiger partial charge in [-0.3, -0.25) is 9.36 Å². The maximum atomic E-state index is 14.5. The third-order valence-corrected chi connectivity index (χ3v) is 11.2. The molecule has 1 unspecified atom stereocenters. The molecule has 0 amide bonds. The number of nitrogens with one attached hydrogen (secondary N) is 1. The van der Waals surface area contributed by atoms with E-state index in [0.717, 1.165) is 12.8 Å². The van der Waals surface area contributed by atoms with Crippen LogP contribution in [0, 0.1) is 29.0 Å². The Hall–Kier alpha value is -4.69. The minimum atomic E-state index is -5.24. The molecule has 1 aliphatic heterocycles. The summed E-state index contributed by atoms with van der Waals surface area (Å²) < 4.78 is 70.8. The summed E-state index contributed by atoms with van der Waals surface area (Å²) in [6, 6.07) is 7.89. The number of aryl methyl sites for hydroxylation is 2. The largest absolute Gasteiger partial charge is 0.497 e. The maximum Gasteiger partial charge on any atom is 0.490 e. The van der Waals surface area contributed by atoms with E-state index in [0.29, 0.717) is 39.7 Å². The standard InChI is InChI=1S/C37H43F4N5O6/c1-6-51-33(48)31-30(52-34(49)37(39,40)41)12-14-46(31)35(44-28-16-22-15-26(20(28)2)36(22,3)4)43-23-8-10-25-29(17-23)42-19-45(32(25)47)13-11-21-7-9-24(50-5)18-27(21)38/h7-10,17-20,22,26,28,30-31H,6,11-16H2,1-5H3,(H,43,44)/t20-,22-,26+,28?,30-,31-/m0/s1. The molecule has 0 spiro atoms. The number of anilines is 1. The minimum absolute atomic E-state index is 0.0377. The Morgan fingerprint density at radius 1 is 1.13 bits per heavy atom. The third-order valence-electron chi connectivity index (χ3n) is 11.2. The molecule has 3 aromatic rings. The monoisotopic (exact) mass is 729 g/mol. The quantitative estimate of drug-likeness (QED) is 0.127. The number of aliphatic imine (C=N–C) groups is 1. The summed E-state index contributed by atoms with van der Waals surface area (Å²) in [7, 11) is 1.45. The Labute approximate surface area is 298 Å². The molecule has 11 nitrogen and oxygen atoms in total. The number of hydrogen-bond donors (Lipinski definition) is 1. The van der Waals surface area contributed by atoms with Gasteiger partial charge in [0.05, 0.1) is 37.0 Å². The molecule has 3 saturated carbocycles. The zero-order valence-corrected chi connectivity index (χ0v) is 29.7. The number of aromatic nitrogens is 2. The van der Waals surface area contributed by atoms with Crippen LogP contribution in [0.4, 0.5) is 23.2 Å². The lowest BCUT2D eigenvalue weighted by molar-refractivity contribution is -0.206. The molecule has 4 fully saturated rings. The van der Waals surface area contributed by atoms with Crippen LogP contribution < -0.4 is 15.6 Å². The number of guanidine groups is 1. The Bertz CT molecular complexity index is 1930. The van der Waals surface area contributed by atoms with E-state index in [-0.39, 0.29) is 61.4 Å². The number of fused-ring (bicyclic) bond motifs is 3. The molecule has 2 aromatic carbocycles. The fourth-order valence-corrected chi connectivity index (χ4v) is 8.09. The van der Waals surface area contributed by atoms with Gasteiger partial charge in [-0.15, -0.1) is 0 Å². The fourth-order valence-electron chi connectivity index (χ4n) is 8.09. The van der Waals surface area contributed by atoms with Crippen molar-refractivity contribution >= 4 is 34.5 Å². The Morgan fingerprint density at radius 2 is 1.90 bits per heavy atom. The molecule has 1 aromatic heterocycles. The average Bonchev–Trinajstić information content (AvgIpc) is 3.51. The van der Waals surface area contributed by atoms with Crippen molar-refractivity contribution < 1.29 is 41.4 Å². The van der Waals surface area contributed by atoms with Gasteiger partial charge in [-0.25, -0.2) is 24.0 Å². The first-order valence-electron chi connectivity index (χ1n) is 17.5. The third kappa shape index (κ3) is 7.18. The van der Waals surface area contributed by atoms with Gasteiger partial charge < -0.3 is 24.4 Å². The number of esters is 2. The first kappa shape index (κ1) is 37.1. The van der Waals surface area contributed by atoms with E-state index < -0.39 is 36.1 Å². The van der Waals surface area contributed by atoms with Gasteiger partial charge in [0.2, 0.25) is 0 Å². The lowest BCUT2D eigenvalue weighted by Gasteiger charge is -2.61. The van der Waals surface area contributed by atoms with E-state index in [9.17, 15) is 31.9 Å². The summed E-state index contributed by atoms with van der Waals surface area (Å²) in [5.41, 5.74) is 1.08. The van der Waals surface area contributed by atoms with Crippen molar-refractivity contribution in [2.24, 2.45) is 28.2 Å². The molecule has 2 bridgehead atoms. The second-order valence-corrected chi connectivity index (χ2v) is 14.4. The molecule has 4 aliphatic rings. The first-order valence-corrected chi connectivity index (χ1v) is 17.5. The van der Waals surface area contributed by atoms with Crippen molar-refractivity contribution in [3.8, 4) is 5.75 Å². The highest BCUT2D eigenvalue weighted by Gasteiger charge is 2.57. The van der Waals surface area contributed by atoms with Crippen molar-refractivity contribution in [2.45, 2.75) is 84.3 Å². The highest BCUT2D eigenvalue weighted by molar-refractivity contribution is 5.98. The summed E-state index contributed by atoms with van der Waals surface area (Å²) in [5, 5.41) is 3.58. The number of benzene rings is 2. The number of hydrogen-bond acceptors (Lipinski definition) is 8. The molecule has 2 heterocycles. The normalized spacial score (nSPS) is 25.4. The van der Waals surface area contributed by atoms with Gasteiger partial charge >= 0.3 is 18.1 Å². The molecular formula is C37H43F4N5O6. The van der Waals surface area contributed by atoms with Gasteiger partial charge in [0.15, 0.2) is 12.0 Å². The second kappa shape index (κ2) is 14.4. The molecule has 6 atom stereocenters. The van der Waals surface area contributed by atoms with Gasteiger partial charge in [-0.2, -0.15) is 13.2 Å². The van der Waals surface area contributed by atoms with Crippen LogP contribution in [0.2, 0.25) is 0 Å². The van der Waals surface area contributed by atoms with Crippen LogP contribution in [0.15, 0.2) is 52.5 Å². The van der Waals surface area contributed by atoms with Crippen molar-refractivity contribution in [1.82, 2.24) is 14.5 Å². The van der Waals surface area contributed by atoms with Crippen LogP contribution in [-0.2, 0) is 32.0 Å². The fraction of sp³-hybridized carbons (Fsp3) is 0.541. The molecule has 1 saturated heterocycles. The molecule has 3 aliphatic carbocycles. The Morgan fingerprint density at radius 3 is 2.56 bits per heavy atom. The van der Waals surface area contributed by atoms with Gasteiger partial charge in [0.1, 0.15) is 17.7 Å². The number of halogens is 4. The van der Waals surface area contributed by atoms with Crippen molar-refractivity contribution in [3.63, 3.8) is 0 Å². The van der Waals surface area contributed by atoms with Crippen LogP contribution in [0.5, 0.6) is 5.75 Å². The number of carbonyl (C=O) groups excluding carboxylic acids is 2. The number of nitrogens with zero attached hydrogens (tertiary/aromatic N) is 4. The van der Waals surface area contributed by atoms with Crippen molar-refractivity contribution in [2.75, 3.05) is 25.6 Å². The lowest BCUT2D eigenvalue weighted by Crippen LogP contribution is -2.57. The minimum Gasteiger partial charge on any atom is -0.497 e. The zero-order chi connectivity index (χ0) is 37.5. The highest BCUT2D eigenvalue weighted by Crippen LogP contribution is 2.61. The Balaban J connectivity index is 1.30. The molecule has 52 heavy (non-hydrogen) atoms. The Kier molecular flexibility index (Phi) is 10.3. The van der Waals surface area contributed by atoms with E-state index >= 15 is 0 Å². The second-order valence-electron chi connectivity index (χ2n) is 14.4. The number of carbonyl (C=O) groups is 2. The molecule has 15 heteroatoms. The van der Waals surface area contributed by atoms with E-state index in [1.54, 1.807) is 37.3 Å². The summed E-state index contributed by atoms with van der Waals surface area (Å²) in [6.45, 7) is 8.43. The van der Waals surface area contributed by atoms with Gasteiger partial charge in [0.25, 0.3) is 5.56 Å². The summed E-state index contributed by atoms with van der Waals surface area (Å²) in [6.07, 6.45) is -3.22.